The summed E-state index contributed by atoms with van der Waals surface area (Å²) >= 11 is 4.85. The number of thiophene rings is 2. The second kappa shape index (κ2) is 7.63. The Morgan fingerprint density at radius 3 is 2.88 bits per heavy atom. The maximum Gasteiger partial charge on any atom is 0.230 e. The van der Waals surface area contributed by atoms with Gasteiger partial charge in [-0.1, -0.05) is 24.8 Å². The molecule has 3 aromatic heterocycles. The van der Waals surface area contributed by atoms with Gasteiger partial charge in [-0.15, -0.1) is 22.7 Å². The molecule has 126 valence electrons. The highest BCUT2D eigenvalue weighted by Crippen LogP contribution is 2.35. The number of hydrogen-bond acceptors (Lipinski definition) is 6. The number of nitrogens with one attached hydrogen (secondary N) is 1. The van der Waals surface area contributed by atoms with Gasteiger partial charge in [-0.2, -0.15) is 0 Å². The molecule has 3 rings (SSSR count). The summed E-state index contributed by atoms with van der Waals surface area (Å²) in [5.41, 5.74) is 1.22. The Hall–Kier alpha value is -1.44. The second-order valence-electron chi connectivity index (χ2n) is 5.41. The number of nitrogens with zero attached hydrogens (tertiary/aromatic N) is 2. The lowest BCUT2D eigenvalue weighted by atomic mass is 10.2. The standard InChI is InChI=1S/C17H19N3OS3/c1-4-13-19-16(15-10(2)11(3)24-17(15)20-13)23-9-14(21)18-8-12-6-5-7-22-12/h5-7H,4,8-9H2,1-3H3,(H,18,21). The van der Waals surface area contributed by atoms with E-state index in [0.717, 1.165) is 32.4 Å². The molecule has 0 atom stereocenters. The summed E-state index contributed by atoms with van der Waals surface area (Å²) in [6.45, 7) is 6.85. The molecule has 1 amide bonds. The molecule has 24 heavy (non-hydrogen) atoms. The van der Waals surface area contributed by atoms with Crippen LogP contribution in [0.1, 0.15) is 28.1 Å². The van der Waals surface area contributed by atoms with E-state index in [-0.39, 0.29) is 5.91 Å². The van der Waals surface area contributed by atoms with Crippen molar-refractivity contribution in [3.05, 3.63) is 38.7 Å². The monoisotopic (exact) mass is 377 g/mol. The van der Waals surface area contributed by atoms with Gasteiger partial charge < -0.3 is 5.32 Å². The summed E-state index contributed by atoms with van der Waals surface area (Å²) in [6, 6.07) is 4.02. The number of thioether (sulfide) groups is 1. The van der Waals surface area contributed by atoms with Crippen LogP contribution in [0.3, 0.4) is 0 Å². The molecule has 0 radical (unpaired) electrons. The predicted molar refractivity (Wildman–Crippen MR) is 103 cm³/mol. The van der Waals surface area contributed by atoms with E-state index in [9.17, 15) is 4.79 Å². The molecule has 0 aliphatic rings. The first-order valence-corrected chi connectivity index (χ1v) is 10.4. The number of aryl methyl sites for hydroxylation is 3. The van der Waals surface area contributed by atoms with E-state index >= 15 is 0 Å². The molecule has 0 unspecified atom stereocenters. The van der Waals surface area contributed by atoms with Crippen LogP contribution in [0.4, 0.5) is 0 Å². The molecule has 0 aliphatic carbocycles. The molecule has 3 heterocycles. The van der Waals surface area contributed by atoms with Gasteiger partial charge in [0.05, 0.1) is 12.3 Å². The van der Waals surface area contributed by atoms with Crippen molar-refractivity contribution in [2.45, 2.75) is 38.8 Å². The Morgan fingerprint density at radius 2 is 2.17 bits per heavy atom. The number of fused-ring (bicyclic) bond motifs is 1. The van der Waals surface area contributed by atoms with Gasteiger partial charge in [0.25, 0.3) is 0 Å². The van der Waals surface area contributed by atoms with Crippen LogP contribution >= 0.6 is 34.4 Å². The SMILES string of the molecule is CCc1nc(SCC(=O)NCc2cccs2)c2c(C)c(C)sc2n1. The summed E-state index contributed by atoms with van der Waals surface area (Å²) < 4.78 is 0. The van der Waals surface area contributed by atoms with Crippen molar-refractivity contribution >= 4 is 50.6 Å². The summed E-state index contributed by atoms with van der Waals surface area (Å²) in [5.74, 6) is 1.24. The smallest absolute Gasteiger partial charge is 0.230 e. The van der Waals surface area contributed by atoms with E-state index in [0.29, 0.717) is 12.3 Å². The average molecular weight is 378 g/mol. The van der Waals surface area contributed by atoms with Gasteiger partial charge in [-0.25, -0.2) is 9.97 Å². The summed E-state index contributed by atoms with van der Waals surface area (Å²) in [4.78, 5) is 24.9. The fourth-order valence-electron chi connectivity index (χ4n) is 2.30. The van der Waals surface area contributed by atoms with Gasteiger partial charge in [0, 0.05) is 21.6 Å². The minimum Gasteiger partial charge on any atom is -0.350 e. The van der Waals surface area contributed by atoms with Crippen molar-refractivity contribution in [3.8, 4) is 0 Å². The van der Waals surface area contributed by atoms with Gasteiger partial charge in [0.2, 0.25) is 5.91 Å². The second-order valence-corrected chi connectivity index (χ2v) is 8.61. The van der Waals surface area contributed by atoms with Crippen molar-refractivity contribution in [3.63, 3.8) is 0 Å². The molecule has 7 heteroatoms. The van der Waals surface area contributed by atoms with Gasteiger partial charge in [-0.05, 0) is 30.9 Å². The molecular formula is C17H19N3OS3. The van der Waals surface area contributed by atoms with Gasteiger partial charge in [-0.3, -0.25) is 4.79 Å². The maximum atomic E-state index is 12.1. The van der Waals surface area contributed by atoms with E-state index in [1.54, 1.807) is 22.7 Å². The Labute approximate surface area is 153 Å². The lowest BCUT2D eigenvalue weighted by Crippen LogP contribution is -2.24. The zero-order chi connectivity index (χ0) is 17.1. The number of carbonyl (C=O) groups is 1. The fraction of sp³-hybridized carbons (Fsp3) is 0.353. The molecule has 0 saturated heterocycles. The number of rotatable bonds is 6. The third kappa shape index (κ3) is 3.79. The van der Waals surface area contributed by atoms with Gasteiger partial charge in [0.1, 0.15) is 15.7 Å². The minimum atomic E-state index is 0.0304. The normalized spacial score (nSPS) is 11.1. The van der Waals surface area contributed by atoms with Gasteiger partial charge >= 0.3 is 0 Å². The summed E-state index contributed by atoms with van der Waals surface area (Å²) in [6.07, 6.45) is 0.796. The Bertz CT molecular complexity index is 856. The Kier molecular flexibility index (Phi) is 5.53. The van der Waals surface area contributed by atoms with Crippen LogP contribution < -0.4 is 5.32 Å². The summed E-state index contributed by atoms with van der Waals surface area (Å²) in [7, 11) is 0. The molecule has 0 aromatic carbocycles. The predicted octanol–water partition coefficient (Wildman–Crippen LogP) is 4.34. The number of carbonyl (C=O) groups excluding carboxylic acids is 1. The number of aromatic nitrogens is 2. The van der Waals surface area contributed by atoms with E-state index in [1.807, 2.05) is 17.5 Å². The molecule has 0 spiro atoms. The van der Waals surface area contributed by atoms with Crippen LogP contribution in [0.5, 0.6) is 0 Å². The highest BCUT2D eigenvalue weighted by Gasteiger charge is 2.15. The van der Waals surface area contributed by atoms with Crippen molar-refractivity contribution in [2.24, 2.45) is 0 Å². The lowest BCUT2D eigenvalue weighted by Gasteiger charge is -2.07. The van der Waals surface area contributed by atoms with Crippen LogP contribution in [0.15, 0.2) is 22.5 Å². The van der Waals surface area contributed by atoms with Crippen molar-refractivity contribution < 1.29 is 4.79 Å². The maximum absolute atomic E-state index is 12.1. The van der Waals surface area contributed by atoms with E-state index < -0.39 is 0 Å². The van der Waals surface area contributed by atoms with Crippen LogP contribution in [-0.2, 0) is 17.8 Å². The number of hydrogen-bond donors (Lipinski definition) is 1. The topological polar surface area (TPSA) is 54.9 Å². The Morgan fingerprint density at radius 1 is 1.33 bits per heavy atom. The van der Waals surface area contributed by atoms with Crippen LogP contribution in [0.25, 0.3) is 10.2 Å². The van der Waals surface area contributed by atoms with Crippen molar-refractivity contribution in [1.29, 1.82) is 0 Å². The molecule has 3 aromatic rings. The largest absolute Gasteiger partial charge is 0.350 e. The quantitative estimate of drug-likeness (QED) is 0.513. The van der Waals surface area contributed by atoms with Crippen LogP contribution in [0, 0.1) is 13.8 Å². The molecule has 1 N–H and O–H groups in total. The van der Waals surface area contributed by atoms with Gasteiger partial charge in [0.15, 0.2) is 0 Å². The van der Waals surface area contributed by atoms with Crippen LogP contribution in [0.2, 0.25) is 0 Å². The van der Waals surface area contributed by atoms with Crippen LogP contribution in [-0.4, -0.2) is 21.6 Å². The van der Waals surface area contributed by atoms with Crippen molar-refractivity contribution in [2.75, 3.05) is 5.75 Å². The lowest BCUT2D eigenvalue weighted by molar-refractivity contribution is -0.118. The fourth-order valence-corrected chi connectivity index (χ4v) is 4.99. The first-order valence-electron chi connectivity index (χ1n) is 7.77. The zero-order valence-corrected chi connectivity index (χ0v) is 16.3. The third-order valence-electron chi connectivity index (χ3n) is 3.74. The highest BCUT2D eigenvalue weighted by molar-refractivity contribution is 8.00. The minimum absolute atomic E-state index is 0.0304. The number of amides is 1. The first kappa shape index (κ1) is 17.4. The van der Waals surface area contributed by atoms with E-state index in [2.05, 4.69) is 36.1 Å². The molecule has 0 aliphatic heterocycles. The summed E-state index contributed by atoms with van der Waals surface area (Å²) in [5, 5.41) is 7.00. The average Bonchev–Trinajstić information content (AvgIpc) is 3.19. The van der Waals surface area contributed by atoms with Crippen molar-refractivity contribution in [1.82, 2.24) is 15.3 Å². The first-order chi connectivity index (χ1) is 11.6. The molecular weight excluding hydrogens is 358 g/mol. The Balaban J connectivity index is 1.73. The zero-order valence-electron chi connectivity index (χ0n) is 13.9. The highest BCUT2D eigenvalue weighted by atomic mass is 32.2. The van der Waals surface area contributed by atoms with E-state index in [1.165, 1.54) is 22.2 Å². The molecule has 0 fully saturated rings. The molecule has 0 bridgehead atoms. The third-order valence-corrected chi connectivity index (χ3v) is 6.69. The molecule has 0 saturated carbocycles. The van der Waals surface area contributed by atoms with E-state index in [4.69, 9.17) is 0 Å². The molecule has 4 nitrogen and oxygen atoms in total.